The Bertz CT molecular complexity index is 577. The molecule has 1 unspecified atom stereocenters. The smallest absolute Gasteiger partial charge is 0.237 e. The van der Waals surface area contributed by atoms with Crippen LogP contribution in [-0.4, -0.2) is 42.5 Å². The number of nitrogens with zero attached hydrogens (tertiary/aromatic N) is 1. The minimum Gasteiger partial charge on any atom is -0.351 e. The van der Waals surface area contributed by atoms with Crippen molar-refractivity contribution >= 4 is 17.5 Å². The van der Waals surface area contributed by atoms with Gasteiger partial charge in [-0.2, -0.15) is 0 Å². The van der Waals surface area contributed by atoms with Crippen molar-refractivity contribution in [3.05, 3.63) is 34.6 Å². The second-order valence-corrected chi connectivity index (χ2v) is 7.23. The highest BCUT2D eigenvalue weighted by Crippen LogP contribution is 2.21. The molecule has 1 aromatic rings. The van der Waals surface area contributed by atoms with Gasteiger partial charge in [0.15, 0.2) is 0 Å². The van der Waals surface area contributed by atoms with Crippen LogP contribution in [0.5, 0.6) is 0 Å². The van der Waals surface area contributed by atoms with Crippen LogP contribution in [0.25, 0.3) is 0 Å². The zero-order valence-corrected chi connectivity index (χ0v) is 14.6. The molecule has 0 aliphatic carbocycles. The van der Waals surface area contributed by atoms with Gasteiger partial charge in [0.1, 0.15) is 5.82 Å². The van der Waals surface area contributed by atoms with Crippen LogP contribution in [0.4, 0.5) is 4.39 Å². The second-order valence-electron chi connectivity index (χ2n) is 6.82. The Kier molecular flexibility index (Phi) is 6.09. The van der Waals surface area contributed by atoms with E-state index in [9.17, 15) is 9.18 Å². The van der Waals surface area contributed by atoms with Gasteiger partial charge in [-0.15, -0.1) is 0 Å². The number of likely N-dealkylation sites (tertiary alicyclic amines) is 1. The molecule has 0 radical (unpaired) electrons. The Morgan fingerprint density at radius 1 is 1.33 bits per heavy atom. The first-order valence-electron chi connectivity index (χ1n) is 8.82. The molecule has 3 rings (SSSR count). The summed E-state index contributed by atoms with van der Waals surface area (Å²) in [6.45, 7) is 3.40. The number of hydrogen-bond donors (Lipinski definition) is 2. The lowest BCUT2D eigenvalue weighted by Gasteiger charge is -2.34. The number of benzene rings is 1. The predicted molar refractivity (Wildman–Crippen MR) is 93.5 cm³/mol. The first-order valence-corrected chi connectivity index (χ1v) is 9.19. The molecule has 1 aromatic carbocycles. The van der Waals surface area contributed by atoms with Gasteiger partial charge in [0.25, 0.3) is 0 Å². The molecule has 0 spiro atoms. The molecule has 2 aliphatic rings. The number of rotatable bonds is 4. The quantitative estimate of drug-likeness (QED) is 0.874. The number of amides is 1. The Hall–Kier alpha value is -1.17. The molecular formula is C18H25ClFN3O. The number of hydrogen-bond acceptors (Lipinski definition) is 3. The molecule has 24 heavy (non-hydrogen) atoms. The van der Waals surface area contributed by atoms with E-state index in [1.807, 2.05) is 0 Å². The fourth-order valence-electron chi connectivity index (χ4n) is 3.59. The van der Waals surface area contributed by atoms with Gasteiger partial charge in [-0.3, -0.25) is 9.69 Å². The minimum atomic E-state index is -0.312. The van der Waals surface area contributed by atoms with Crippen LogP contribution in [0.1, 0.15) is 37.7 Å². The van der Waals surface area contributed by atoms with Crippen molar-refractivity contribution < 1.29 is 9.18 Å². The van der Waals surface area contributed by atoms with Crippen molar-refractivity contribution in [2.75, 3.05) is 19.6 Å². The lowest BCUT2D eigenvalue weighted by Crippen LogP contribution is -2.53. The maximum atomic E-state index is 13.2. The summed E-state index contributed by atoms with van der Waals surface area (Å²) in [5.74, 6) is -0.186. The van der Waals surface area contributed by atoms with Crippen molar-refractivity contribution in [1.82, 2.24) is 15.5 Å². The number of halogens is 2. The third kappa shape index (κ3) is 4.68. The van der Waals surface area contributed by atoms with Gasteiger partial charge >= 0.3 is 0 Å². The van der Waals surface area contributed by atoms with Crippen molar-refractivity contribution in [3.63, 3.8) is 0 Å². The van der Waals surface area contributed by atoms with E-state index in [0.29, 0.717) is 11.6 Å². The summed E-state index contributed by atoms with van der Waals surface area (Å²) in [5.41, 5.74) is 0.930. The van der Waals surface area contributed by atoms with E-state index in [0.717, 1.165) is 57.3 Å². The Balaban J connectivity index is 1.53. The van der Waals surface area contributed by atoms with Gasteiger partial charge in [-0.25, -0.2) is 4.39 Å². The van der Waals surface area contributed by atoms with Crippen LogP contribution >= 0.6 is 11.6 Å². The van der Waals surface area contributed by atoms with Crippen LogP contribution in [0.2, 0.25) is 5.02 Å². The molecule has 2 aliphatic heterocycles. The van der Waals surface area contributed by atoms with Crippen LogP contribution in [0, 0.1) is 5.82 Å². The van der Waals surface area contributed by atoms with Crippen LogP contribution in [0.15, 0.2) is 18.2 Å². The van der Waals surface area contributed by atoms with Crippen molar-refractivity contribution in [2.24, 2.45) is 0 Å². The Morgan fingerprint density at radius 2 is 2.21 bits per heavy atom. The third-order valence-corrected chi connectivity index (χ3v) is 5.24. The van der Waals surface area contributed by atoms with Crippen LogP contribution in [-0.2, 0) is 11.3 Å². The summed E-state index contributed by atoms with van der Waals surface area (Å²) in [4.78, 5) is 14.6. The summed E-state index contributed by atoms with van der Waals surface area (Å²) in [6.07, 6.45) is 5.24. The van der Waals surface area contributed by atoms with Crippen LogP contribution < -0.4 is 10.6 Å². The molecule has 132 valence electrons. The summed E-state index contributed by atoms with van der Waals surface area (Å²) < 4.78 is 13.2. The standard InChI is InChI=1S/C18H25ClFN3O/c19-16-10-14(20)7-6-13(16)11-23-9-3-4-15(12-23)22-18(24)17-5-1-2-8-21-17/h6-7,10,15,17,21H,1-5,8-9,11-12H2,(H,22,24)/t15?,17-/m1/s1. The first-order chi connectivity index (χ1) is 11.6. The van der Waals surface area contributed by atoms with Gasteiger partial charge in [-0.1, -0.05) is 24.1 Å². The Morgan fingerprint density at radius 3 is 2.96 bits per heavy atom. The lowest BCUT2D eigenvalue weighted by atomic mass is 10.0. The number of nitrogens with one attached hydrogen (secondary N) is 2. The lowest BCUT2D eigenvalue weighted by molar-refractivity contribution is -0.124. The van der Waals surface area contributed by atoms with Gasteiger partial charge in [0.05, 0.1) is 6.04 Å². The van der Waals surface area contributed by atoms with Gasteiger partial charge in [0.2, 0.25) is 5.91 Å². The summed E-state index contributed by atoms with van der Waals surface area (Å²) in [6, 6.07) is 4.68. The molecule has 0 saturated carbocycles. The molecule has 1 amide bonds. The number of carbonyl (C=O) groups is 1. The first kappa shape index (κ1) is 17.6. The predicted octanol–water partition coefficient (Wildman–Crippen LogP) is 2.70. The normalized spacial score (nSPS) is 25.4. The molecule has 2 heterocycles. The second kappa shape index (κ2) is 8.28. The topological polar surface area (TPSA) is 44.4 Å². The van der Waals surface area contributed by atoms with Crippen molar-refractivity contribution in [1.29, 1.82) is 0 Å². The average Bonchev–Trinajstić information content (AvgIpc) is 2.58. The fraction of sp³-hybridized carbons (Fsp3) is 0.611. The van der Waals surface area contributed by atoms with E-state index in [2.05, 4.69) is 15.5 Å². The Labute approximate surface area is 147 Å². The largest absolute Gasteiger partial charge is 0.351 e. The molecule has 2 atom stereocenters. The molecule has 0 aromatic heterocycles. The van der Waals surface area contributed by atoms with E-state index >= 15 is 0 Å². The highest BCUT2D eigenvalue weighted by molar-refractivity contribution is 6.31. The van der Waals surface area contributed by atoms with Crippen molar-refractivity contribution in [2.45, 2.75) is 50.7 Å². The van der Waals surface area contributed by atoms with Crippen LogP contribution in [0.3, 0.4) is 0 Å². The SMILES string of the molecule is O=C(NC1CCCN(Cc2ccc(F)cc2Cl)C1)[C@H]1CCCCN1. The van der Waals surface area contributed by atoms with E-state index in [1.54, 1.807) is 6.07 Å². The van der Waals surface area contributed by atoms with E-state index in [1.165, 1.54) is 12.1 Å². The van der Waals surface area contributed by atoms with E-state index in [-0.39, 0.29) is 23.8 Å². The van der Waals surface area contributed by atoms with E-state index in [4.69, 9.17) is 11.6 Å². The summed E-state index contributed by atoms with van der Waals surface area (Å²) in [5, 5.41) is 6.95. The number of carbonyl (C=O) groups excluding carboxylic acids is 1. The molecule has 4 nitrogen and oxygen atoms in total. The maximum absolute atomic E-state index is 13.2. The average molecular weight is 354 g/mol. The minimum absolute atomic E-state index is 0.0410. The summed E-state index contributed by atoms with van der Waals surface area (Å²) >= 11 is 6.13. The fourth-order valence-corrected chi connectivity index (χ4v) is 3.81. The number of piperidine rings is 2. The zero-order chi connectivity index (χ0) is 16.9. The monoisotopic (exact) mass is 353 g/mol. The molecular weight excluding hydrogens is 329 g/mol. The van der Waals surface area contributed by atoms with Gasteiger partial charge < -0.3 is 10.6 Å². The van der Waals surface area contributed by atoms with Crippen molar-refractivity contribution in [3.8, 4) is 0 Å². The molecule has 2 saturated heterocycles. The van der Waals surface area contributed by atoms with E-state index < -0.39 is 0 Å². The highest BCUT2D eigenvalue weighted by atomic mass is 35.5. The molecule has 2 fully saturated rings. The highest BCUT2D eigenvalue weighted by Gasteiger charge is 2.26. The third-order valence-electron chi connectivity index (χ3n) is 4.89. The molecule has 0 bridgehead atoms. The molecule has 6 heteroatoms. The summed E-state index contributed by atoms with van der Waals surface area (Å²) in [7, 11) is 0. The van der Waals surface area contributed by atoms with Gasteiger partial charge in [-0.05, 0) is 56.5 Å². The zero-order valence-electron chi connectivity index (χ0n) is 13.9. The molecule has 2 N–H and O–H groups in total. The maximum Gasteiger partial charge on any atom is 0.237 e. The van der Waals surface area contributed by atoms with Gasteiger partial charge in [0, 0.05) is 24.2 Å².